The predicted molar refractivity (Wildman–Crippen MR) is 39.3 cm³/mol. The van der Waals surface area contributed by atoms with Gasteiger partial charge in [-0.2, -0.15) is 0 Å². The van der Waals surface area contributed by atoms with E-state index in [0.717, 1.165) is 0 Å². The maximum absolute atomic E-state index is 10.6. The number of aromatic amines is 1. The van der Waals surface area contributed by atoms with Gasteiger partial charge >= 0.3 is 5.97 Å². The first-order chi connectivity index (χ1) is 5.25. The van der Waals surface area contributed by atoms with Gasteiger partial charge < -0.3 is 10.1 Å². The van der Waals surface area contributed by atoms with Gasteiger partial charge in [-0.15, -0.1) is 0 Å². The predicted octanol–water partition coefficient (Wildman–Crippen LogP) is 0.988. The summed E-state index contributed by atoms with van der Waals surface area (Å²) in [7, 11) is 0. The van der Waals surface area contributed by atoms with Crippen molar-refractivity contribution in [3.05, 3.63) is 18.2 Å². The van der Waals surface area contributed by atoms with Crippen LogP contribution in [0, 0.1) is 0 Å². The van der Waals surface area contributed by atoms with Gasteiger partial charge in [0.2, 0.25) is 0 Å². The Kier molecular flexibility index (Phi) is 2.25. The summed E-state index contributed by atoms with van der Waals surface area (Å²) < 4.78 is 0. The van der Waals surface area contributed by atoms with Crippen LogP contribution in [0.25, 0.3) is 0 Å². The lowest BCUT2D eigenvalue weighted by Gasteiger charge is -2.04. The number of nitrogens with zero attached hydrogens (tertiary/aromatic N) is 1. The smallest absolute Gasteiger partial charge is 0.314 e. The molecule has 0 aromatic carbocycles. The number of carboxylic acids is 1. The van der Waals surface area contributed by atoms with E-state index >= 15 is 0 Å². The fourth-order valence-corrected chi connectivity index (χ4v) is 0.953. The molecule has 0 bridgehead atoms. The summed E-state index contributed by atoms with van der Waals surface area (Å²) in [6.07, 6.45) is 3.74. The second kappa shape index (κ2) is 3.18. The molecule has 0 aliphatic rings. The van der Waals surface area contributed by atoms with Crippen molar-refractivity contribution in [3.63, 3.8) is 0 Å². The van der Waals surface area contributed by atoms with E-state index < -0.39 is 11.9 Å². The van der Waals surface area contributed by atoms with Crippen molar-refractivity contribution in [1.82, 2.24) is 9.97 Å². The van der Waals surface area contributed by atoms with Crippen LogP contribution in [-0.4, -0.2) is 21.0 Å². The highest BCUT2D eigenvalue weighted by Crippen LogP contribution is 2.14. The van der Waals surface area contributed by atoms with E-state index in [4.69, 9.17) is 5.11 Å². The van der Waals surface area contributed by atoms with Crippen LogP contribution in [0.4, 0.5) is 0 Å². The van der Waals surface area contributed by atoms with Crippen LogP contribution in [-0.2, 0) is 4.79 Å². The summed E-state index contributed by atoms with van der Waals surface area (Å²) in [6, 6.07) is 0. The average Bonchev–Trinajstić information content (AvgIpc) is 2.40. The maximum Gasteiger partial charge on any atom is 0.314 e. The van der Waals surface area contributed by atoms with Crippen LogP contribution >= 0.6 is 0 Å². The number of nitrogens with one attached hydrogen (secondary N) is 1. The van der Waals surface area contributed by atoms with Crippen molar-refractivity contribution in [3.8, 4) is 0 Å². The fourth-order valence-electron chi connectivity index (χ4n) is 0.953. The first-order valence-electron chi connectivity index (χ1n) is 3.47. The molecule has 0 saturated carbocycles. The summed E-state index contributed by atoms with van der Waals surface area (Å²) in [5.74, 6) is -0.799. The van der Waals surface area contributed by atoms with Crippen LogP contribution in [0.1, 0.15) is 25.1 Å². The van der Waals surface area contributed by atoms with E-state index in [1.165, 1.54) is 0 Å². The second-order valence-corrected chi connectivity index (χ2v) is 2.27. The second-order valence-electron chi connectivity index (χ2n) is 2.27. The SMILES string of the molecule is CCC(C(=O)O)c1ncc[nH]1. The van der Waals surface area contributed by atoms with Crippen molar-refractivity contribution in [2.45, 2.75) is 19.3 Å². The molecule has 11 heavy (non-hydrogen) atoms. The highest BCUT2D eigenvalue weighted by Gasteiger charge is 2.18. The topological polar surface area (TPSA) is 66.0 Å². The van der Waals surface area contributed by atoms with Crippen molar-refractivity contribution >= 4 is 5.97 Å². The van der Waals surface area contributed by atoms with Crippen molar-refractivity contribution in [2.75, 3.05) is 0 Å². The molecule has 0 amide bonds. The Morgan fingerprint density at radius 3 is 3.00 bits per heavy atom. The molecule has 1 aromatic rings. The number of carboxylic acid groups (broad SMARTS) is 1. The molecular weight excluding hydrogens is 144 g/mol. The van der Waals surface area contributed by atoms with Crippen molar-refractivity contribution < 1.29 is 9.90 Å². The van der Waals surface area contributed by atoms with Crippen LogP contribution < -0.4 is 0 Å². The van der Waals surface area contributed by atoms with Gasteiger partial charge in [-0.1, -0.05) is 6.92 Å². The van der Waals surface area contributed by atoms with Gasteiger partial charge in [0.25, 0.3) is 0 Å². The Morgan fingerprint density at radius 1 is 1.91 bits per heavy atom. The molecule has 1 atom stereocenters. The van der Waals surface area contributed by atoms with Gasteiger partial charge in [-0.25, -0.2) is 4.98 Å². The van der Waals surface area contributed by atoms with Gasteiger partial charge in [-0.3, -0.25) is 4.79 Å². The number of aliphatic carboxylic acids is 1. The summed E-state index contributed by atoms with van der Waals surface area (Å²) in [5, 5.41) is 8.69. The van der Waals surface area contributed by atoms with Gasteiger partial charge in [-0.05, 0) is 6.42 Å². The zero-order chi connectivity index (χ0) is 8.27. The van der Waals surface area contributed by atoms with Gasteiger partial charge in [0.1, 0.15) is 11.7 Å². The Hall–Kier alpha value is -1.32. The largest absolute Gasteiger partial charge is 0.481 e. The number of aromatic nitrogens is 2. The van der Waals surface area contributed by atoms with Crippen molar-refractivity contribution in [2.24, 2.45) is 0 Å². The Labute approximate surface area is 64.3 Å². The lowest BCUT2D eigenvalue weighted by atomic mass is 10.1. The first kappa shape index (κ1) is 7.78. The standard InChI is InChI=1S/C7H10N2O2/c1-2-5(7(10)11)6-8-3-4-9-6/h3-5H,2H2,1H3,(H,8,9)(H,10,11). The molecule has 4 heteroatoms. The minimum Gasteiger partial charge on any atom is -0.481 e. The summed E-state index contributed by atoms with van der Waals surface area (Å²) in [6.45, 7) is 1.82. The maximum atomic E-state index is 10.6. The quantitative estimate of drug-likeness (QED) is 0.682. The van der Waals surface area contributed by atoms with Crippen LogP contribution in [0.3, 0.4) is 0 Å². The summed E-state index contributed by atoms with van der Waals surface area (Å²) >= 11 is 0. The average molecular weight is 154 g/mol. The first-order valence-corrected chi connectivity index (χ1v) is 3.47. The highest BCUT2D eigenvalue weighted by atomic mass is 16.4. The molecule has 0 aliphatic heterocycles. The molecule has 4 nitrogen and oxygen atoms in total. The molecule has 1 heterocycles. The number of carbonyl (C=O) groups is 1. The normalized spacial score (nSPS) is 12.8. The molecular formula is C7H10N2O2. The van der Waals surface area contributed by atoms with Crippen LogP contribution in [0.2, 0.25) is 0 Å². The third-order valence-corrected chi connectivity index (χ3v) is 1.56. The molecule has 1 aromatic heterocycles. The van der Waals surface area contributed by atoms with Crippen LogP contribution in [0.5, 0.6) is 0 Å². The highest BCUT2D eigenvalue weighted by molar-refractivity contribution is 5.74. The lowest BCUT2D eigenvalue weighted by molar-refractivity contribution is -0.139. The molecule has 0 saturated heterocycles. The Bertz CT molecular complexity index is 231. The minimum absolute atomic E-state index is 0.495. The number of rotatable bonds is 3. The van der Waals surface area contributed by atoms with E-state index in [0.29, 0.717) is 12.2 Å². The third-order valence-electron chi connectivity index (χ3n) is 1.56. The van der Waals surface area contributed by atoms with Gasteiger partial charge in [0, 0.05) is 12.4 Å². The van der Waals surface area contributed by atoms with E-state index in [1.54, 1.807) is 12.4 Å². The molecule has 1 unspecified atom stereocenters. The Morgan fingerprint density at radius 2 is 2.64 bits per heavy atom. The molecule has 2 N–H and O–H groups in total. The van der Waals surface area contributed by atoms with Crippen molar-refractivity contribution in [1.29, 1.82) is 0 Å². The van der Waals surface area contributed by atoms with E-state index in [-0.39, 0.29) is 0 Å². The summed E-state index contributed by atoms with van der Waals surface area (Å²) in [4.78, 5) is 17.2. The molecule has 1 rings (SSSR count). The number of H-pyrrole nitrogens is 1. The Balaban J connectivity index is 2.79. The fraction of sp³-hybridized carbons (Fsp3) is 0.429. The zero-order valence-electron chi connectivity index (χ0n) is 6.24. The van der Waals surface area contributed by atoms with Gasteiger partial charge in [0.15, 0.2) is 0 Å². The van der Waals surface area contributed by atoms with E-state index in [1.807, 2.05) is 6.92 Å². The number of hydrogen-bond donors (Lipinski definition) is 2. The van der Waals surface area contributed by atoms with E-state index in [9.17, 15) is 4.79 Å². The molecule has 0 spiro atoms. The zero-order valence-corrected chi connectivity index (χ0v) is 6.24. The number of hydrogen-bond acceptors (Lipinski definition) is 2. The lowest BCUT2D eigenvalue weighted by Crippen LogP contribution is -2.11. The minimum atomic E-state index is -0.831. The van der Waals surface area contributed by atoms with Gasteiger partial charge in [0.05, 0.1) is 0 Å². The summed E-state index contributed by atoms with van der Waals surface area (Å²) in [5.41, 5.74) is 0. The number of imidazole rings is 1. The molecule has 0 radical (unpaired) electrons. The van der Waals surface area contributed by atoms with E-state index in [2.05, 4.69) is 9.97 Å². The molecule has 0 aliphatic carbocycles. The monoisotopic (exact) mass is 154 g/mol. The third kappa shape index (κ3) is 1.58. The molecule has 60 valence electrons. The van der Waals surface area contributed by atoms with Crippen LogP contribution in [0.15, 0.2) is 12.4 Å². The molecule has 0 fully saturated rings.